The minimum Gasteiger partial charge on any atom is -0.353 e. The summed E-state index contributed by atoms with van der Waals surface area (Å²) in [6, 6.07) is 0. The largest absolute Gasteiger partial charge is 0.353 e. The Morgan fingerprint density at radius 3 is 2.56 bits per heavy atom. The molecular formula is C13H25BrO2. The van der Waals surface area contributed by atoms with Crippen molar-refractivity contribution >= 4 is 15.9 Å². The molecule has 16 heavy (non-hydrogen) atoms. The fraction of sp³-hybridized carbons (Fsp3) is 1.00. The maximum absolute atomic E-state index is 6.24. The van der Waals surface area contributed by atoms with Gasteiger partial charge in [-0.25, -0.2) is 0 Å². The van der Waals surface area contributed by atoms with Gasteiger partial charge in [-0.05, 0) is 44.9 Å². The van der Waals surface area contributed by atoms with Crippen molar-refractivity contribution in [1.29, 1.82) is 0 Å². The van der Waals surface area contributed by atoms with Crippen LogP contribution in [0.3, 0.4) is 0 Å². The van der Waals surface area contributed by atoms with Gasteiger partial charge in [0.25, 0.3) is 0 Å². The van der Waals surface area contributed by atoms with E-state index in [2.05, 4.69) is 29.8 Å². The predicted octanol–water partition coefficient (Wildman–Crippen LogP) is 4.26. The molecule has 0 aromatic carbocycles. The molecule has 1 rings (SSSR count). The Labute approximate surface area is 108 Å². The Morgan fingerprint density at radius 1 is 1.31 bits per heavy atom. The van der Waals surface area contributed by atoms with Gasteiger partial charge >= 0.3 is 0 Å². The van der Waals surface area contributed by atoms with E-state index in [0.717, 1.165) is 37.6 Å². The van der Waals surface area contributed by atoms with Crippen molar-refractivity contribution in [1.82, 2.24) is 0 Å². The van der Waals surface area contributed by atoms with Crippen molar-refractivity contribution in [3.63, 3.8) is 0 Å². The molecule has 0 spiro atoms. The third kappa shape index (κ3) is 4.34. The molecule has 1 unspecified atom stereocenters. The zero-order valence-corrected chi connectivity index (χ0v) is 12.2. The summed E-state index contributed by atoms with van der Waals surface area (Å²) in [6.45, 7) is 5.31. The molecule has 1 atom stereocenters. The molecule has 0 aromatic rings. The molecule has 0 bridgehead atoms. The van der Waals surface area contributed by atoms with Gasteiger partial charge < -0.3 is 9.47 Å². The number of ether oxygens (including phenoxy) is 2. The van der Waals surface area contributed by atoms with Crippen molar-refractivity contribution in [2.24, 2.45) is 0 Å². The number of rotatable bonds is 7. The lowest BCUT2D eigenvalue weighted by atomic mass is 9.91. The molecule has 1 fully saturated rings. The van der Waals surface area contributed by atoms with Gasteiger partial charge in [-0.15, -0.1) is 0 Å². The molecule has 0 radical (unpaired) electrons. The van der Waals surface area contributed by atoms with E-state index in [4.69, 9.17) is 9.47 Å². The molecule has 96 valence electrons. The topological polar surface area (TPSA) is 18.5 Å². The lowest BCUT2D eigenvalue weighted by Crippen LogP contribution is -2.38. The van der Waals surface area contributed by atoms with Crippen molar-refractivity contribution in [2.45, 2.75) is 70.7 Å². The van der Waals surface area contributed by atoms with Gasteiger partial charge in [0.2, 0.25) is 0 Å². The summed E-state index contributed by atoms with van der Waals surface area (Å²) in [6.07, 6.45) is 8.01. The third-order valence-corrected chi connectivity index (χ3v) is 4.13. The van der Waals surface area contributed by atoms with E-state index in [-0.39, 0.29) is 11.9 Å². The van der Waals surface area contributed by atoms with Gasteiger partial charge in [-0.3, -0.25) is 0 Å². The molecule has 0 aromatic heterocycles. The Kier molecular flexibility index (Phi) is 6.94. The Hall–Kier alpha value is 0.400. The second-order valence-corrected chi connectivity index (χ2v) is 5.39. The second kappa shape index (κ2) is 7.67. The van der Waals surface area contributed by atoms with Crippen LogP contribution < -0.4 is 0 Å². The van der Waals surface area contributed by atoms with Crippen LogP contribution in [0.2, 0.25) is 0 Å². The first-order chi connectivity index (χ1) is 7.76. The van der Waals surface area contributed by atoms with Gasteiger partial charge in [0, 0.05) is 11.9 Å². The predicted molar refractivity (Wildman–Crippen MR) is 71.0 cm³/mol. The molecule has 1 aliphatic rings. The highest BCUT2D eigenvalue weighted by molar-refractivity contribution is 9.09. The van der Waals surface area contributed by atoms with Gasteiger partial charge in [-0.2, -0.15) is 0 Å². The Morgan fingerprint density at radius 2 is 2.06 bits per heavy atom. The quantitative estimate of drug-likeness (QED) is 0.653. The van der Waals surface area contributed by atoms with Gasteiger partial charge in [0.05, 0.1) is 5.60 Å². The maximum Gasteiger partial charge on any atom is 0.158 e. The van der Waals surface area contributed by atoms with E-state index >= 15 is 0 Å². The highest BCUT2D eigenvalue weighted by Gasteiger charge is 2.31. The fourth-order valence-corrected chi connectivity index (χ4v) is 2.58. The van der Waals surface area contributed by atoms with Crippen LogP contribution in [0.5, 0.6) is 0 Å². The highest BCUT2D eigenvalue weighted by Crippen LogP contribution is 2.30. The zero-order chi connectivity index (χ0) is 11.9. The molecule has 3 heteroatoms. The third-order valence-electron chi connectivity index (χ3n) is 3.57. The summed E-state index contributed by atoms with van der Waals surface area (Å²) in [5.41, 5.74) is 0.0375. The van der Waals surface area contributed by atoms with Crippen molar-refractivity contribution in [3.8, 4) is 0 Å². The van der Waals surface area contributed by atoms with Crippen LogP contribution >= 0.6 is 15.9 Å². The van der Waals surface area contributed by atoms with E-state index in [1.165, 1.54) is 19.3 Å². The molecule has 0 aliphatic carbocycles. The molecule has 2 nitrogen and oxygen atoms in total. The standard InChI is InChI=1S/C13H25BrO2/c1-3-13(4-2,9-7-10-14)16-12-8-5-6-11-15-12/h12H,3-11H2,1-2H3. The normalized spacial score (nSPS) is 22.3. The van der Waals surface area contributed by atoms with Gasteiger partial charge in [0.15, 0.2) is 6.29 Å². The first-order valence-electron chi connectivity index (χ1n) is 6.61. The highest BCUT2D eigenvalue weighted by atomic mass is 79.9. The van der Waals surface area contributed by atoms with Crippen LogP contribution in [0.1, 0.15) is 58.8 Å². The summed E-state index contributed by atoms with van der Waals surface area (Å²) >= 11 is 3.50. The van der Waals surface area contributed by atoms with Crippen molar-refractivity contribution < 1.29 is 9.47 Å². The Bertz CT molecular complexity index is 175. The summed E-state index contributed by atoms with van der Waals surface area (Å²) in [5.74, 6) is 0. The monoisotopic (exact) mass is 292 g/mol. The minimum atomic E-state index is 0.0375. The SMILES string of the molecule is CCC(CC)(CCCBr)OC1CCCCO1. The van der Waals surface area contributed by atoms with E-state index in [0.29, 0.717) is 0 Å². The van der Waals surface area contributed by atoms with Crippen LogP contribution in [0.25, 0.3) is 0 Å². The van der Waals surface area contributed by atoms with Crippen molar-refractivity contribution in [3.05, 3.63) is 0 Å². The lowest BCUT2D eigenvalue weighted by molar-refractivity contribution is -0.229. The average Bonchev–Trinajstić information content (AvgIpc) is 2.36. The van der Waals surface area contributed by atoms with E-state index in [1.807, 2.05) is 0 Å². The Balaban J connectivity index is 2.46. The first kappa shape index (κ1) is 14.5. The molecular weight excluding hydrogens is 268 g/mol. The van der Waals surface area contributed by atoms with Gasteiger partial charge in [-0.1, -0.05) is 29.8 Å². The molecule has 0 saturated carbocycles. The van der Waals surface area contributed by atoms with Crippen molar-refractivity contribution in [2.75, 3.05) is 11.9 Å². The van der Waals surface area contributed by atoms with Crippen LogP contribution in [-0.2, 0) is 9.47 Å². The van der Waals surface area contributed by atoms with Gasteiger partial charge in [0.1, 0.15) is 0 Å². The summed E-state index contributed by atoms with van der Waals surface area (Å²) in [7, 11) is 0. The molecule has 0 amide bonds. The van der Waals surface area contributed by atoms with Crippen LogP contribution in [-0.4, -0.2) is 23.8 Å². The first-order valence-corrected chi connectivity index (χ1v) is 7.74. The zero-order valence-electron chi connectivity index (χ0n) is 10.6. The smallest absolute Gasteiger partial charge is 0.158 e. The number of hydrogen-bond acceptors (Lipinski definition) is 2. The number of hydrogen-bond donors (Lipinski definition) is 0. The lowest BCUT2D eigenvalue weighted by Gasteiger charge is -2.37. The van der Waals surface area contributed by atoms with E-state index in [1.54, 1.807) is 0 Å². The fourth-order valence-electron chi connectivity index (χ4n) is 2.30. The summed E-state index contributed by atoms with van der Waals surface area (Å²) < 4.78 is 11.9. The number of halogens is 1. The maximum atomic E-state index is 6.24. The summed E-state index contributed by atoms with van der Waals surface area (Å²) in [5, 5.41) is 1.06. The van der Waals surface area contributed by atoms with E-state index < -0.39 is 0 Å². The van der Waals surface area contributed by atoms with Crippen LogP contribution in [0, 0.1) is 0 Å². The molecule has 1 heterocycles. The number of alkyl halides is 1. The average molecular weight is 293 g/mol. The van der Waals surface area contributed by atoms with E-state index in [9.17, 15) is 0 Å². The van der Waals surface area contributed by atoms with Crippen LogP contribution in [0.15, 0.2) is 0 Å². The second-order valence-electron chi connectivity index (χ2n) is 4.60. The molecule has 1 saturated heterocycles. The summed E-state index contributed by atoms with van der Waals surface area (Å²) in [4.78, 5) is 0. The van der Waals surface area contributed by atoms with Crippen LogP contribution in [0.4, 0.5) is 0 Å². The molecule has 1 aliphatic heterocycles. The minimum absolute atomic E-state index is 0.0375. The molecule has 0 N–H and O–H groups in total.